The number of hydrogen-bond donors (Lipinski definition) is 2. The van der Waals surface area contributed by atoms with Crippen LogP contribution in [0.3, 0.4) is 0 Å². The van der Waals surface area contributed by atoms with Crippen LogP contribution >= 0.6 is 0 Å². The summed E-state index contributed by atoms with van der Waals surface area (Å²) >= 11 is 0. The van der Waals surface area contributed by atoms with Crippen LogP contribution < -0.4 is 14.8 Å². The lowest BCUT2D eigenvalue weighted by Gasteiger charge is -2.20. The predicted octanol–water partition coefficient (Wildman–Crippen LogP) is 4.65. The molecule has 7 heteroatoms. The molecule has 6 nitrogen and oxygen atoms in total. The van der Waals surface area contributed by atoms with Crippen LogP contribution in [0.4, 0.5) is 5.69 Å². The van der Waals surface area contributed by atoms with E-state index in [0.717, 1.165) is 18.6 Å². The highest BCUT2D eigenvalue weighted by molar-refractivity contribution is 7.89. The molecule has 0 bridgehead atoms. The average molecular weight is 431 g/mol. The highest BCUT2D eigenvalue weighted by atomic mass is 32.2. The molecule has 2 aromatic carbocycles. The van der Waals surface area contributed by atoms with Crippen LogP contribution in [-0.4, -0.2) is 26.0 Å². The van der Waals surface area contributed by atoms with Gasteiger partial charge in [0.2, 0.25) is 10.0 Å². The first-order chi connectivity index (χ1) is 14.0. The maximum atomic E-state index is 12.8. The Morgan fingerprint density at radius 3 is 2.27 bits per heavy atom. The maximum Gasteiger partial charge on any atom is 0.255 e. The zero-order valence-corrected chi connectivity index (χ0v) is 18.8. The molecular weight excluding hydrogens is 400 g/mol. The van der Waals surface area contributed by atoms with Crippen molar-refractivity contribution in [2.45, 2.75) is 69.9 Å². The van der Waals surface area contributed by atoms with Crippen molar-refractivity contribution in [2.75, 3.05) is 5.32 Å². The number of benzene rings is 2. The zero-order valence-electron chi connectivity index (χ0n) is 18.0. The van der Waals surface area contributed by atoms with E-state index in [0.29, 0.717) is 16.8 Å². The minimum atomic E-state index is -3.73. The molecule has 0 saturated heterocycles. The van der Waals surface area contributed by atoms with Gasteiger partial charge in [0.25, 0.3) is 5.91 Å². The number of rotatable bonds is 6. The fraction of sp³-hybridized carbons (Fsp3) is 0.435. The molecular formula is C23H30N2O4S. The van der Waals surface area contributed by atoms with Crippen molar-refractivity contribution in [3.63, 3.8) is 0 Å². The molecule has 1 saturated carbocycles. The van der Waals surface area contributed by atoms with E-state index in [-0.39, 0.29) is 16.9 Å². The standard InChI is InChI=1S/C23H30N2O4S/c1-16-9-14-20(30(27,28)25-23(2,3)4)15-21(16)22(26)24-17-10-12-19(13-11-17)29-18-7-5-6-8-18/h9-15,18,25H,5-8H2,1-4H3,(H,24,26). The van der Waals surface area contributed by atoms with Gasteiger partial charge < -0.3 is 10.1 Å². The van der Waals surface area contributed by atoms with Gasteiger partial charge in [0.05, 0.1) is 11.0 Å². The lowest BCUT2D eigenvalue weighted by Crippen LogP contribution is -2.40. The Labute approximate surface area is 179 Å². The Kier molecular flexibility index (Phi) is 6.53. The molecule has 2 aromatic rings. The summed E-state index contributed by atoms with van der Waals surface area (Å²) in [4.78, 5) is 12.9. The van der Waals surface area contributed by atoms with E-state index in [1.165, 1.54) is 25.0 Å². The summed E-state index contributed by atoms with van der Waals surface area (Å²) in [5.74, 6) is 0.433. The molecule has 2 N–H and O–H groups in total. The zero-order chi connectivity index (χ0) is 21.9. The third kappa shape index (κ3) is 5.83. The Morgan fingerprint density at radius 1 is 1.03 bits per heavy atom. The highest BCUT2D eigenvalue weighted by Gasteiger charge is 2.23. The first kappa shape index (κ1) is 22.3. The quantitative estimate of drug-likeness (QED) is 0.699. The monoisotopic (exact) mass is 430 g/mol. The van der Waals surface area contributed by atoms with Gasteiger partial charge in [-0.1, -0.05) is 6.07 Å². The number of hydrogen-bond acceptors (Lipinski definition) is 4. The van der Waals surface area contributed by atoms with Gasteiger partial charge in [0.15, 0.2) is 0 Å². The fourth-order valence-corrected chi connectivity index (χ4v) is 4.93. The number of nitrogens with one attached hydrogen (secondary N) is 2. The van der Waals surface area contributed by atoms with Crippen molar-refractivity contribution in [1.82, 2.24) is 4.72 Å². The van der Waals surface area contributed by atoms with Crippen molar-refractivity contribution in [3.05, 3.63) is 53.6 Å². The summed E-state index contributed by atoms with van der Waals surface area (Å²) in [6.45, 7) is 7.09. The van der Waals surface area contributed by atoms with Crippen molar-refractivity contribution in [2.24, 2.45) is 0 Å². The molecule has 162 valence electrons. The molecule has 0 aliphatic heterocycles. The van der Waals surface area contributed by atoms with Crippen LogP contribution in [0.5, 0.6) is 5.75 Å². The van der Waals surface area contributed by atoms with Crippen LogP contribution in [0.25, 0.3) is 0 Å². The van der Waals surface area contributed by atoms with Crippen molar-refractivity contribution in [1.29, 1.82) is 0 Å². The van der Waals surface area contributed by atoms with Gasteiger partial charge in [-0.05, 0) is 95.3 Å². The predicted molar refractivity (Wildman–Crippen MR) is 119 cm³/mol. The van der Waals surface area contributed by atoms with Gasteiger partial charge in [-0.25, -0.2) is 13.1 Å². The van der Waals surface area contributed by atoms with Gasteiger partial charge in [-0.15, -0.1) is 0 Å². The lowest BCUT2D eigenvalue weighted by atomic mass is 10.1. The first-order valence-electron chi connectivity index (χ1n) is 10.3. The number of carbonyl (C=O) groups excluding carboxylic acids is 1. The summed E-state index contributed by atoms with van der Waals surface area (Å²) < 4.78 is 33.8. The molecule has 0 atom stereocenters. The van der Waals surface area contributed by atoms with E-state index in [1.54, 1.807) is 45.9 Å². The van der Waals surface area contributed by atoms with Crippen LogP contribution in [0.1, 0.15) is 62.4 Å². The van der Waals surface area contributed by atoms with Crippen LogP contribution in [0, 0.1) is 6.92 Å². The largest absolute Gasteiger partial charge is 0.490 e. The molecule has 0 heterocycles. The Balaban J connectivity index is 1.73. The maximum absolute atomic E-state index is 12.8. The molecule has 1 amide bonds. The number of anilines is 1. The van der Waals surface area contributed by atoms with Crippen LogP contribution in [-0.2, 0) is 10.0 Å². The SMILES string of the molecule is Cc1ccc(S(=O)(=O)NC(C)(C)C)cc1C(=O)Nc1ccc(OC2CCCC2)cc1. The Hall–Kier alpha value is -2.38. The minimum Gasteiger partial charge on any atom is -0.490 e. The van der Waals surface area contributed by atoms with E-state index >= 15 is 0 Å². The van der Waals surface area contributed by atoms with Crippen molar-refractivity contribution < 1.29 is 17.9 Å². The Bertz CT molecular complexity index is 1000. The molecule has 1 fully saturated rings. The minimum absolute atomic E-state index is 0.0634. The molecule has 0 radical (unpaired) electrons. The van der Waals surface area contributed by atoms with E-state index in [4.69, 9.17) is 4.74 Å². The van der Waals surface area contributed by atoms with Crippen LogP contribution in [0.15, 0.2) is 47.4 Å². The molecule has 0 unspecified atom stereocenters. The molecule has 30 heavy (non-hydrogen) atoms. The van der Waals surface area contributed by atoms with E-state index in [9.17, 15) is 13.2 Å². The van der Waals surface area contributed by atoms with Gasteiger partial charge >= 0.3 is 0 Å². The second-order valence-electron chi connectivity index (χ2n) is 8.84. The summed E-state index contributed by atoms with van der Waals surface area (Å²) in [5.41, 5.74) is 1.02. The van der Waals surface area contributed by atoms with Crippen molar-refractivity contribution >= 4 is 21.6 Å². The summed E-state index contributed by atoms with van der Waals surface area (Å²) in [6, 6.07) is 11.8. The number of sulfonamides is 1. The number of ether oxygens (including phenoxy) is 1. The number of aryl methyl sites for hydroxylation is 1. The molecule has 1 aliphatic rings. The molecule has 3 rings (SSSR count). The third-order valence-corrected chi connectivity index (χ3v) is 6.68. The third-order valence-electron chi connectivity index (χ3n) is 4.92. The molecule has 0 spiro atoms. The topological polar surface area (TPSA) is 84.5 Å². The Morgan fingerprint density at radius 2 is 1.67 bits per heavy atom. The van der Waals surface area contributed by atoms with Gasteiger partial charge in [-0.2, -0.15) is 0 Å². The first-order valence-corrected chi connectivity index (χ1v) is 11.7. The summed E-state index contributed by atoms with van der Waals surface area (Å²) in [6.07, 6.45) is 4.86. The smallest absolute Gasteiger partial charge is 0.255 e. The number of amides is 1. The van der Waals surface area contributed by atoms with Crippen LogP contribution in [0.2, 0.25) is 0 Å². The second kappa shape index (κ2) is 8.78. The highest BCUT2D eigenvalue weighted by Crippen LogP contribution is 2.25. The lowest BCUT2D eigenvalue weighted by molar-refractivity contribution is 0.102. The van der Waals surface area contributed by atoms with Gasteiger partial charge in [-0.3, -0.25) is 4.79 Å². The van der Waals surface area contributed by atoms with E-state index < -0.39 is 15.6 Å². The molecule has 0 aromatic heterocycles. The van der Waals surface area contributed by atoms with Gasteiger partial charge in [0, 0.05) is 16.8 Å². The number of carbonyl (C=O) groups is 1. The molecule has 1 aliphatic carbocycles. The summed E-state index contributed by atoms with van der Waals surface area (Å²) in [5, 5.41) is 2.84. The van der Waals surface area contributed by atoms with E-state index in [1.807, 2.05) is 12.1 Å². The normalized spacial score (nSPS) is 15.2. The average Bonchev–Trinajstić information content (AvgIpc) is 3.14. The fourth-order valence-electron chi connectivity index (χ4n) is 3.49. The van der Waals surface area contributed by atoms with Gasteiger partial charge in [0.1, 0.15) is 5.75 Å². The van der Waals surface area contributed by atoms with E-state index in [2.05, 4.69) is 10.0 Å². The second-order valence-corrected chi connectivity index (χ2v) is 10.5. The summed E-state index contributed by atoms with van der Waals surface area (Å²) in [7, 11) is -3.73. The van der Waals surface area contributed by atoms with Crippen molar-refractivity contribution in [3.8, 4) is 5.75 Å².